The summed E-state index contributed by atoms with van der Waals surface area (Å²) in [6.07, 6.45) is 0.784. The van der Waals surface area contributed by atoms with Gasteiger partial charge in [0.2, 0.25) is 0 Å². The van der Waals surface area contributed by atoms with Crippen LogP contribution in [0.25, 0.3) is 0 Å². The lowest BCUT2D eigenvalue weighted by Crippen LogP contribution is -2.34. The molecule has 0 aliphatic heterocycles. The van der Waals surface area contributed by atoms with Crippen LogP contribution in [0.2, 0.25) is 0 Å². The van der Waals surface area contributed by atoms with Gasteiger partial charge in [-0.3, -0.25) is 9.69 Å². The normalized spacial score (nSPS) is 10.6. The fourth-order valence-corrected chi connectivity index (χ4v) is 1.68. The number of hydrogen-bond acceptors (Lipinski definition) is 4. The van der Waals surface area contributed by atoms with Crippen LogP contribution in [0.4, 0.5) is 0 Å². The average molecular weight is 267 g/mol. The second kappa shape index (κ2) is 9.35. The van der Waals surface area contributed by atoms with Crippen molar-refractivity contribution in [1.29, 1.82) is 0 Å². The van der Waals surface area contributed by atoms with Gasteiger partial charge in [0, 0.05) is 20.2 Å². The van der Waals surface area contributed by atoms with Crippen LogP contribution < -0.4 is 4.74 Å². The minimum atomic E-state index is -0.819. The molecule has 0 fully saturated rings. The van der Waals surface area contributed by atoms with E-state index in [1.165, 1.54) is 0 Å². The number of carbonyl (C=O) groups is 1. The van der Waals surface area contributed by atoms with Crippen LogP contribution in [0.1, 0.15) is 6.42 Å². The van der Waals surface area contributed by atoms with E-state index >= 15 is 0 Å². The minimum Gasteiger partial charge on any atom is -0.494 e. The van der Waals surface area contributed by atoms with Crippen LogP contribution >= 0.6 is 0 Å². The number of carboxylic acid groups (broad SMARTS) is 1. The Morgan fingerprint density at radius 2 is 1.95 bits per heavy atom. The third kappa shape index (κ3) is 7.43. The van der Waals surface area contributed by atoms with Crippen molar-refractivity contribution in [3.05, 3.63) is 30.3 Å². The van der Waals surface area contributed by atoms with E-state index in [1.54, 1.807) is 7.11 Å². The van der Waals surface area contributed by atoms with Gasteiger partial charge < -0.3 is 14.6 Å². The summed E-state index contributed by atoms with van der Waals surface area (Å²) in [7, 11) is 1.61. The summed E-state index contributed by atoms with van der Waals surface area (Å²) in [5, 5.41) is 8.80. The lowest BCUT2D eigenvalue weighted by atomic mass is 10.3. The monoisotopic (exact) mass is 267 g/mol. The highest BCUT2D eigenvalue weighted by Crippen LogP contribution is 2.08. The number of hydrogen-bond donors (Lipinski definition) is 1. The van der Waals surface area contributed by atoms with Gasteiger partial charge in [0.15, 0.2) is 0 Å². The maximum atomic E-state index is 10.7. The summed E-state index contributed by atoms with van der Waals surface area (Å²) in [6, 6.07) is 9.58. The molecule has 5 nitrogen and oxygen atoms in total. The highest BCUT2D eigenvalue weighted by Gasteiger charge is 2.08. The number of nitrogens with zero attached hydrogens (tertiary/aromatic N) is 1. The molecule has 0 unspecified atom stereocenters. The molecule has 1 rings (SSSR count). The number of carboxylic acids is 1. The van der Waals surface area contributed by atoms with Gasteiger partial charge in [-0.1, -0.05) is 18.2 Å². The molecule has 106 valence electrons. The maximum Gasteiger partial charge on any atom is 0.317 e. The molecule has 0 saturated carbocycles. The Morgan fingerprint density at radius 3 is 2.58 bits per heavy atom. The zero-order valence-electron chi connectivity index (χ0n) is 11.2. The van der Waals surface area contributed by atoms with Crippen molar-refractivity contribution in [2.24, 2.45) is 0 Å². The Bertz CT molecular complexity index is 356. The van der Waals surface area contributed by atoms with E-state index in [4.69, 9.17) is 14.6 Å². The number of aliphatic carboxylic acids is 1. The zero-order valence-corrected chi connectivity index (χ0v) is 11.2. The topological polar surface area (TPSA) is 59.0 Å². The molecule has 0 atom stereocenters. The Kier molecular flexibility index (Phi) is 7.62. The van der Waals surface area contributed by atoms with E-state index in [-0.39, 0.29) is 6.54 Å². The zero-order chi connectivity index (χ0) is 13.9. The van der Waals surface area contributed by atoms with Crippen LogP contribution in [0, 0.1) is 0 Å². The van der Waals surface area contributed by atoms with Gasteiger partial charge in [-0.2, -0.15) is 0 Å². The Balaban J connectivity index is 2.21. The molecule has 0 radical (unpaired) electrons. The van der Waals surface area contributed by atoms with Crippen molar-refractivity contribution in [3.63, 3.8) is 0 Å². The molecule has 0 bridgehead atoms. The molecule has 0 heterocycles. The first-order valence-corrected chi connectivity index (χ1v) is 6.33. The molecular formula is C14H21NO4. The third-order valence-electron chi connectivity index (χ3n) is 2.60. The molecule has 1 aromatic rings. The van der Waals surface area contributed by atoms with Gasteiger partial charge in [-0.25, -0.2) is 0 Å². The van der Waals surface area contributed by atoms with E-state index in [0.717, 1.165) is 12.2 Å². The van der Waals surface area contributed by atoms with Crippen molar-refractivity contribution in [2.75, 3.05) is 40.0 Å². The van der Waals surface area contributed by atoms with E-state index in [1.807, 2.05) is 35.2 Å². The molecule has 19 heavy (non-hydrogen) atoms. The molecule has 1 N–H and O–H groups in total. The van der Waals surface area contributed by atoms with Crippen LogP contribution in [0.15, 0.2) is 30.3 Å². The molecule has 0 saturated heterocycles. The second-order valence-electron chi connectivity index (χ2n) is 4.18. The highest BCUT2D eigenvalue weighted by molar-refractivity contribution is 5.69. The predicted molar refractivity (Wildman–Crippen MR) is 72.5 cm³/mol. The van der Waals surface area contributed by atoms with E-state index in [9.17, 15) is 4.79 Å². The van der Waals surface area contributed by atoms with Crippen LogP contribution in [0.3, 0.4) is 0 Å². The highest BCUT2D eigenvalue weighted by atomic mass is 16.5. The first-order chi connectivity index (χ1) is 9.22. The smallest absolute Gasteiger partial charge is 0.317 e. The number of ether oxygens (including phenoxy) is 2. The summed E-state index contributed by atoms with van der Waals surface area (Å²) >= 11 is 0. The molecule has 0 aliphatic carbocycles. The quantitative estimate of drug-likeness (QED) is 0.651. The summed E-state index contributed by atoms with van der Waals surface area (Å²) in [5.41, 5.74) is 0. The van der Waals surface area contributed by atoms with Crippen molar-refractivity contribution >= 4 is 5.97 Å². The van der Waals surface area contributed by atoms with E-state index in [2.05, 4.69) is 0 Å². The number of methoxy groups -OCH3 is 1. The molecule has 1 aromatic carbocycles. The van der Waals surface area contributed by atoms with Gasteiger partial charge in [-0.15, -0.1) is 0 Å². The lowest BCUT2D eigenvalue weighted by molar-refractivity contribution is -0.138. The molecule has 0 aromatic heterocycles. The van der Waals surface area contributed by atoms with Crippen LogP contribution in [0.5, 0.6) is 5.75 Å². The van der Waals surface area contributed by atoms with E-state index in [0.29, 0.717) is 26.3 Å². The molecule has 5 heteroatoms. The van der Waals surface area contributed by atoms with Crippen LogP contribution in [-0.4, -0.2) is 55.9 Å². The average Bonchev–Trinajstić information content (AvgIpc) is 2.41. The maximum absolute atomic E-state index is 10.7. The number of para-hydroxylation sites is 1. The van der Waals surface area contributed by atoms with Gasteiger partial charge in [0.25, 0.3) is 0 Å². The summed E-state index contributed by atoms with van der Waals surface area (Å²) < 4.78 is 10.5. The Hall–Kier alpha value is -1.59. The summed E-state index contributed by atoms with van der Waals surface area (Å²) in [6.45, 7) is 2.45. The van der Waals surface area contributed by atoms with Crippen molar-refractivity contribution < 1.29 is 19.4 Å². The number of benzene rings is 1. The fraction of sp³-hybridized carbons (Fsp3) is 0.500. The Morgan fingerprint density at radius 1 is 1.21 bits per heavy atom. The predicted octanol–water partition coefficient (Wildman–Crippen LogP) is 1.49. The van der Waals surface area contributed by atoms with E-state index < -0.39 is 5.97 Å². The first kappa shape index (κ1) is 15.5. The third-order valence-corrected chi connectivity index (χ3v) is 2.60. The van der Waals surface area contributed by atoms with Gasteiger partial charge in [0.1, 0.15) is 5.75 Å². The van der Waals surface area contributed by atoms with Crippen molar-refractivity contribution in [2.45, 2.75) is 6.42 Å². The standard InChI is InChI=1S/C14H21NO4/c1-18-11-9-15(12-14(16)17)8-5-10-19-13-6-3-2-4-7-13/h2-4,6-7H,5,8-12H2,1H3,(H,16,17). The number of rotatable bonds is 10. The largest absolute Gasteiger partial charge is 0.494 e. The van der Waals surface area contributed by atoms with Crippen molar-refractivity contribution in [3.8, 4) is 5.75 Å². The van der Waals surface area contributed by atoms with Crippen LogP contribution in [-0.2, 0) is 9.53 Å². The van der Waals surface area contributed by atoms with Gasteiger partial charge >= 0.3 is 5.97 Å². The fourth-order valence-electron chi connectivity index (χ4n) is 1.68. The molecular weight excluding hydrogens is 246 g/mol. The molecule has 0 amide bonds. The van der Waals surface area contributed by atoms with Gasteiger partial charge in [-0.05, 0) is 18.6 Å². The second-order valence-corrected chi connectivity index (χ2v) is 4.18. The minimum absolute atomic E-state index is 0.0364. The molecule has 0 aliphatic rings. The van der Waals surface area contributed by atoms with Crippen molar-refractivity contribution in [1.82, 2.24) is 4.90 Å². The SMILES string of the molecule is COCCN(CCCOc1ccccc1)CC(=O)O. The first-order valence-electron chi connectivity index (χ1n) is 6.33. The van der Waals surface area contributed by atoms with Gasteiger partial charge in [0.05, 0.1) is 19.8 Å². The lowest BCUT2D eigenvalue weighted by Gasteiger charge is -2.19. The summed E-state index contributed by atoms with van der Waals surface area (Å²) in [4.78, 5) is 12.6. The molecule has 0 spiro atoms. The Labute approximate surface area is 113 Å². The summed E-state index contributed by atoms with van der Waals surface area (Å²) in [5.74, 6) is 0.0178.